The van der Waals surface area contributed by atoms with E-state index in [0.29, 0.717) is 5.95 Å². The van der Waals surface area contributed by atoms with Crippen molar-refractivity contribution in [2.24, 2.45) is 5.92 Å². The van der Waals surface area contributed by atoms with Gasteiger partial charge in [-0.05, 0) is 37.8 Å². The van der Waals surface area contributed by atoms with Crippen LogP contribution in [0.1, 0.15) is 32.6 Å². The number of fused-ring (bicyclic) bond motifs is 1. The summed E-state index contributed by atoms with van der Waals surface area (Å²) in [6.07, 6.45) is 5.44. The van der Waals surface area contributed by atoms with Crippen molar-refractivity contribution < 1.29 is 0 Å². The van der Waals surface area contributed by atoms with Crippen molar-refractivity contribution in [3.05, 3.63) is 24.3 Å². The fourth-order valence-electron chi connectivity index (χ4n) is 2.90. The number of benzene rings is 1. The molecule has 0 unspecified atom stereocenters. The summed E-state index contributed by atoms with van der Waals surface area (Å²) in [5.74, 6) is 2.46. The van der Waals surface area contributed by atoms with Gasteiger partial charge in [0.15, 0.2) is 0 Å². The lowest BCUT2D eigenvalue weighted by molar-refractivity contribution is 0.579. The highest BCUT2D eigenvalue weighted by atomic mass is 15.1. The molecule has 1 aromatic carbocycles. The van der Waals surface area contributed by atoms with Crippen LogP contribution in [0.5, 0.6) is 0 Å². The lowest BCUT2D eigenvalue weighted by Gasteiger charge is -2.14. The van der Waals surface area contributed by atoms with Gasteiger partial charge in [-0.1, -0.05) is 25.0 Å². The van der Waals surface area contributed by atoms with Gasteiger partial charge < -0.3 is 10.6 Å². The van der Waals surface area contributed by atoms with Gasteiger partial charge in [0.05, 0.1) is 5.52 Å². The second kappa shape index (κ2) is 6.07. The maximum atomic E-state index is 4.62. The first kappa shape index (κ1) is 13.2. The number of anilines is 2. The molecule has 0 radical (unpaired) electrons. The van der Waals surface area contributed by atoms with E-state index >= 15 is 0 Å². The molecule has 1 fully saturated rings. The van der Waals surface area contributed by atoms with E-state index in [0.717, 1.165) is 35.7 Å². The minimum absolute atomic E-state index is 0.708. The standard InChI is InChI=1S/C16H22N4/c1-2-17-16-19-14-10-6-5-9-13(14)15(20-16)18-11-12-7-3-4-8-12/h5-6,9-10,12H,2-4,7-8,11H2,1H3,(H2,17,18,19,20). The highest BCUT2D eigenvalue weighted by Gasteiger charge is 2.15. The van der Waals surface area contributed by atoms with Crippen LogP contribution in [0.25, 0.3) is 10.9 Å². The number of nitrogens with one attached hydrogen (secondary N) is 2. The van der Waals surface area contributed by atoms with Crippen LogP contribution >= 0.6 is 0 Å². The minimum Gasteiger partial charge on any atom is -0.369 e. The molecule has 1 aliphatic carbocycles. The maximum Gasteiger partial charge on any atom is 0.225 e. The van der Waals surface area contributed by atoms with Gasteiger partial charge in [0.1, 0.15) is 5.82 Å². The number of rotatable bonds is 5. The van der Waals surface area contributed by atoms with Crippen LogP contribution in [-0.2, 0) is 0 Å². The Morgan fingerprint density at radius 1 is 1.10 bits per heavy atom. The fourth-order valence-corrected chi connectivity index (χ4v) is 2.90. The molecule has 1 saturated carbocycles. The van der Waals surface area contributed by atoms with Crippen molar-refractivity contribution in [2.75, 3.05) is 23.7 Å². The molecular weight excluding hydrogens is 248 g/mol. The molecule has 4 heteroatoms. The summed E-state index contributed by atoms with van der Waals surface area (Å²) in [6.45, 7) is 3.91. The van der Waals surface area contributed by atoms with E-state index in [1.54, 1.807) is 0 Å². The number of para-hydroxylation sites is 1. The van der Waals surface area contributed by atoms with Crippen molar-refractivity contribution in [1.29, 1.82) is 0 Å². The fraction of sp³-hybridized carbons (Fsp3) is 0.500. The molecule has 106 valence electrons. The van der Waals surface area contributed by atoms with E-state index in [4.69, 9.17) is 0 Å². The smallest absolute Gasteiger partial charge is 0.225 e. The Morgan fingerprint density at radius 2 is 1.90 bits per heavy atom. The molecule has 1 aliphatic rings. The van der Waals surface area contributed by atoms with E-state index in [2.05, 4.69) is 33.6 Å². The van der Waals surface area contributed by atoms with Crippen LogP contribution in [0, 0.1) is 5.92 Å². The molecule has 2 N–H and O–H groups in total. The van der Waals surface area contributed by atoms with E-state index in [9.17, 15) is 0 Å². The van der Waals surface area contributed by atoms with E-state index < -0.39 is 0 Å². The zero-order valence-electron chi connectivity index (χ0n) is 12.0. The van der Waals surface area contributed by atoms with E-state index in [1.165, 1.54) is 25.7 Å². The molecule has 0 spiro atoms. The van der Waals surface area contributed by atoms with Crippen molar-refractivity contribution in [1.82, 2.24) is 9.97 Å². The first-order valence-electron chi connectivity index (χ1n) is 7.61. The minimum atomic E-state index is 0.708. The lowest BCUT2D eigenvalue weighted by atomic mass is 10.1. The monoisotopic (exact) mass is 270 g/mol. The van der Waals surface area contributed by atoms with Crippen LogP contribution in [-0.4, -0.2) is 23.1 Å². The van der Waals surface area contributed by atoms with Crippen molar-refractivity contribution >= 4 is 22.7 Å². The molecule has 0 amide bonds. The summed E-state index contributed by atoms with van der Waals surface area (Å²) in [4.78, 5) is 9.16. The Bertz CT molecular complexity index is 576. The normalized spacial score (nSPS) is 15.7. The van der Waals surface area contributed by atoms with Gasteiger partial charge in [-0.3, -0.25) is 0 Å². The summed E-state index contributed by atoms with van der Waals surface area (Å²) in [7, 11) is 0. The Balaban J connectivity index is 1.86. The number of hydrogen-bond donors (Lipinski definition) is 2. The zero-order chi connectivity index (χ0) is 13.8. The quantitative estimate of drug-likeness (QED) is 0.870. The highest BCUT2D eigenvalue weighted by molar-refractivity contribution is 5.89. The first-order chi connectivity index (χ1) is 9.86. The molecule has 4 nitrogen and oxygen atoms in total. The first-order valence-corrected chi connectivity index (χ1v) is 7.61. The topological polar surface area (TPSA) is 49.8 Å². The van der Waals surface area contributed by atoms with Crippen LogP contribution in [0.3, 0.4) is 0 Å². The van der Waals surface area contributed by atoms with Gasteiger partial charge in [-0.2, -0.15) is 4.98 Å². The third-order valence-electron chi connectivity index (χ3n) is 3.97. The summed E-state index contributed by atoms with van der Waals surface area (Å²) < 4.78 is 0. The Kier molecular flexibility index (Phi) is 4.00. The number of hydrogen-bond acceptors (Lipinski definition) is 4. The van der Waals surface area contributed by atoms with Crippen LogP contribution in [0.2, 0.25) is 0 Å². The van der Waals surface area contributed by atoms with Gasteiger partial charge in [0, 0.05) is 18.5 Å². The van der Waals surface area contributed by atoms with Gasteiger partial charge in [0.2, 0.25) is 5.95 Å². The highest BCUT2D eigenvalue weighted by Crippen LogP contribution is 2.26. The van der Waals surface area contributed by atoms with E-state index in [1.807, 2.05) is 18.2 Å². The molecule has 0 aliphatic heterocycles. The number of nitrogens with zero attached hydrogens (tertiary/aromatic N) is 2. The second-order valence-corrected chi connectivity index (χ2v) is 5.47. The summed E-state index contributed by atoms with van der Waals surface area (Å²) in [5, 5.41) is 7.85. The molecule has 0 atom stereocenters. The van der Waals surface area contributed by atoms with Crippen molar-refractivity contribution in [2.45, 2.75) is 32.6 Å². The van der Waals surface area contributed by atoms with Crippen molar-refractivity contribution in [3.8, 4) is 0 Å². The third-order valence-corrected chi connectivity index (χ3v) is 3.97. The molecule has 0 bridgehead atoms. The molecule has 1 heterocycles. The van der Waals surface area contributed by atoms with Crippen molar-refractivity contribution in [3.63, 3.8) is 0 Å². The lowest BCUT2D eigenvalue weighted by Crippen LogP contribution is -2.13. The molecular formula is C16H22N4. The average Bonchev–Trinajstić information content (AvgIpc) is 2.98. The predicted octanol–water partition coefficient (Wildman–Crippen LogP) is 3.66. The Morgan fingerprint density at radius 3 is 2.70 bits per heavy atom. The Hall–Kier alpha value is -1.84. The molecule has 1 aromatic heterocycles. The largest absolute Gasteiger partial charge is 0.369 e. The SMILES string of the molecule is CCNc1nc(NCC2CCCC2)c2ccccc2n1. The van der Waals surface area contributed by atoms with Gasteiger partial charge in [0.25, 0.3) is 0 Å². The van der Waals surface area contributed by atoms with Crippen LogP contribution in [0.15, 0.2) is 24.3 Å². The third kappa shape index (κ3) is 2.84. The van der Waals surface area contributed by atoms with Gasteiger partial charge in [-0.25, -0.2) is 4.98 Å². The number of aromatic nitrogens is 2. The van der Waals surface area contributed by atoms with Gasteiger partial charge in [-0.15, -0.1) is 0 Å². The zero-order valence-corrected chi connectivity index (χ0v) is 12.0. The molecule has 20 heavy (non-hydrogen) atoms. The summed E-state index contributed by atoms with van der Waals surface area (Å²) in [6, 6.07) is 8.19. The molecule has 3 rings (SSSR count). The van der Waals surface area contributed by atoms with Crippen LogP contribution in [0.4, 0.5) is 11.8 Å². The van der Waals surface area contributed by atoms with Gasteiger partial charge >= 0.3 is 0 Å². The molecule has 0 saturated heterocycles. The van der Waals surface area contributed by atoms with Crippen LogP contribution < -0.4 is 10.6 Å². The summed E-state index contributed by atoms with van der Waals surface area (Å²) >= 11 is 0. The van der Waals surface area contributed by atoms with E-state index in [-0.39, 0.29) is 0 Å². The molecule has 2 aromatic rings. The predicted molar refractivity (Wildman–Crippen MR) is 84.1 cm³/mol. The summed E-state index contributed by atoms with van der Waals surface area (Å²) in [5.41, 5.74) is 0.993. The second-order valence-electron chi connectivity index (χ2n) is 5.47. The maximum absolute atomic E-state index is 4.62. The average molecular weight is 270 g/mol. The Labute approximate surface area is 120 Å².